The van der Waals surface area contributed by atoms with E-state index in [1.807, 2.05) is 0 Å². The maximum Gasteiger partial charge on any atom is 0.573 e. The number of hydrogen-bond donors (Lipinski definition) is 1. The fourth-order valence-corrected chi connectivity index (χ4v) is 3.90. The third-order valence-corrected chi connectivity index (χ3v) is 5.36. The number of carbonyl (C=O) groups excluding carboxylic acids is 2. The van der Waals surface area contributed by atoms with Gasteiger partial charge in [0.2, 0.25) is 0 Å². The number of halogens is 6. The summed E-state index contributed by atoms with van der Waals surface area (Å²) in [7, 11) is 1.82. The van der Waals surface area contributed by atoms with Crippen molar-refractivity contribution in [3.63, 3.8) is 0 Å². The van der Waals surface area contributed by atoms with Crippen molar-refractivity contribution in [1.82, 2.24) is 0 Å². The normalized spacial score (nSPS) is 16.2. The van der Waals surface area contributed by atoms with Crippen molar-refractivity contribution in [2.45, 2.75) is 18.5 Å². The van der Waals surface area contributed by atoms with Crippen LogP contribution < -0.4 is 15.4 Å². The second-order valence-electron chi connectivity index (χ2n) is 7.56. The molecule has 0 aromatic heterocycles. The first-order valence-electron chi connectivity index (χ1n) is 10.4. The lowest BCUT2D eigenvalue weighted by Crippen LogP contribution is -2.41. The van der Waals surface area contributed by atoms with E-state index >= 15 is 0 Å². The van der Waals surface area contributed by atoms with Crippen LogP contribution in [0.1, 0.15) is 17.0 Å². The van der Waals surface area contributed by atoms with E-state index < -0.39 is 70.1 Å². The zero-order valence-corrected chi connectivity index (χ0v) is 19.5. The minimum atomic E-state index is -5.31. The molecule has 1 aliphatic rings. The van der Waals surface area contributed by atoms with Gasteiger partial charge < -0.3 is 19.9 Å². The van der Waals surface area contributed by atoms with Crippen LogP contribution in [0.25, 0.3) is 0 Å². The summed E-state index contributed by atoms with van der Waals surface area (Å²) in [4.78, 5) is 26.4. The van der Waals surface area contributed by atoms with Gasteiger partial charge in [-0.2, -0.15) is 18.4 Å². The fraction of sp³-hybridized carbons (Fsp3) is 0.208. The summed E-state index contributed by atoms with van der Waals surface area (Å²) in [6.07, 6.45) is -10.6. The number of rotatable bonds is 5. The second-order valence-corrected chi connectivity index (χ2v) is 7.56. The van der Waals surface area contributed by atoms with Crippen LogP contribution in [0.5, 0.6) is 5.75 Å². The number of nitrogens with zero attached hydrogens (tertiary/aromatic N) is 2. The number of hydrogen-bond acceptors (Lipinski definition) is 8. The third-order valence-electron chi connectivity index (χ3n) is 5.36. The van der Waals surface area contributed by atoms with Gasteiger partial charge in [0, 0.05) is 0 Å². The van der Waals surface area contributed by atoms with Crippen LogP contribution in [0.3, 0.4) is 0 Å². The van der Waals surface area contributed by atoms with E-state index in [1.54, 1.807) is 24.3 Å². The highest BCUT2D eigenvalue weighted by atomic mass is 19.4. The molecule has 38 heavy (non-hydrogen) atoms. The second kappa shape index (κ2) is 10.4. The molecule has 200 valence electrons. The number of alkyl halides is 6. The van der Waals surface area contributed by atoms with Gasteiger partial charge in [-0.25, -0.2) is 9.59 Å². The topological polar surface area (TPSA) is 115 Å². The van der Waals surface area contributed by atoms with Crippen molar-refractivity contribution in [2.24, 2.45) is 5.73 Å². The van der Waals surface area contributed by atoms with Gasteiger partial charge in [-0.3, -0.25) is 4.90 Å². The van der Waals surface area contributed by atoms with Crippen LogP contribution in [-0.2, 0) is 25.2 Å². The number of nitriles is 1. The van der Waals surface area contributed by atoms with Crippen LogP contribution in [0.4, 0.5) is 32.0 Å². The van der Waals surface area contributed by atoms with Crippen molar-refractivity contribution in [3.8, 4) is 11.8 Å². The lowest BCUT2D eigenvalue weighted by atomic mass is 9.80. The van der Waals surface area contributed by atoms with Gasteiger partial charge in [-0.05, 0) is 23.8 Å². The van der Waals surface area contributed by atoms with Crippen molar-refractivity contribution in [1.29, 1.82) is 5.26 Å². The monoisotopic (exact) mass is 541 g/mol. The van der Waals surface area contributed by atoms with E-state index in [9.17, 15) is 41.2 Å². The predicted octanol–water partition coefficient (Wildman–Crippen LogP) is 4.50. The van der Waals surface area contributed by atoms with E-state index in [0.717, 1.165) is 14.2 Å². The molecule has 1 unspecified atom stereocenters. The number of methoxy groups -OCH3 is 2. The molecule has 14 heteroatoms. The van der Waals surface area contributed by atoms with E-state index in [-0.39, 0.29) is 11.6 Å². The SMILES string of the molecule is COC(=O)C1=C(C(=O)OC)N(c2ccc(OC(F)(F)F)cc2C(F)(F)F)C(N)=C(C#N)C1c1ccccc1. The number of esters is 2. The Morgan fingerprint density at radius 1 is 0.974 bits per heavy atom. The van der Waals surface area contributed by atoms with Crippen LogP contribution in [0.15, 0.2) is 71.2 Å². The number of carbonyl (C=O) groups is 2. The number of benzene rings is 2. The lowest BCUT2D eigenvalue weighted by molar-refractivity contribution is -0.274. The average Bonchev–Trinajstić information content (AvgIpc) is 2.86. The molecule has 8 nitrogen and oxygen atoms in total. The molecule has 1 atom stereocenters. The van der Waals surface area contributed by atoms with E-state index in [1.165, 1.54) is 12.1 Å². The van der Waals surface area contributed by atoms with Crippen molar-refractivity contribution >= 4 is 17.6 Å². The molecule has 0 radical (unpaired) electrons. The molecule has 0 aliphatic carbocycles. The Morgan fingerprint density at radius 3 is 2.08 bits per heavy atom. The van der Waals surface area contributed by atoms with Crippen LogP contribution in [-0.4, -0.2) is 32.5 Å². The summed E-state index contributed by atoms with van der Waals surface area (Å²) in [5.74, 6) is -5.82. The highest BCUT2D eigenvalue weighted by Gasteiger charge is 2.46. The van der Waals surface area contributed by atoms with Gasteiger partial charge in [0.15, 0.2) is 0 Å². The molecule has 0 spiro atoms. The largest absolute Gasteiger partial charge is 0.573 e. The quantitative estimate of drug-likeness (QED) is 0.435. The minimum Gasteiger partial charge on any atom is -0.466 e. The molecule has 1 heterocycles. The lowest BCUT2D eigenvalue weighted by Gasteiger charge is -2.37. The van der Waals surface area contributed by atoms with E-state index in [4.69, 9.17) is 15.2 Å². The summed E-state index contributed by atoms with van der Waals surface area (Å²) >= 11 is 0. The maximum absolute atomic E-state index is 14.1. The molecule has 0 fully saturated rings. The van der Waals surface area contributed by atoms with Crippen LogP contribution in [0.2, 0.25) is 0 Å². The van der Waals surface area contributed by atoms with Crippen LogP contribution in [0, 0.1) is 11.3 Å². The molecular formula is C24H17F6N3O5. The first-order valence-corrected chi connectivity index (χ1v) is 10.4. The zero-order chi connectivity index (χ0) is 28.4. The van der Waals surface area contributed by atoms with E-state index in [0.29, 0.717) is 17.0 Å². The van der Waals surface area contributed by atoms with Gasteiger partial charge in [0.05, 0.1) is 48.6 Å². The van der Waals surface area contributed by atoms with Crippen molar-refractivity contribution in [2.75, 3.05) is 19.1 Å². The third kappa shape index (κ3) is 5.36. The van der Waals surface area contributed by atoms with Gasteiger partial charge >= 0.3 is 24.5 Å². The smallest absolute Gasteiger partial charge is 0.466 e. The Bertz CT molecular complexity index is 1360. The average molecular weight is 541 g/mol. The highest BCUT2D eigenvalue weighted by molar-refractivity contribution is 6.06. The summed E-state index contributed by atoms with van der Waals surface area (Å²) in [6, 6.07) is 10.5. The molecular weight excluding hydrogens is 524 g/mol. The highest BCUT2D eigenvalue weighted by Crippen LogP contribution is 2.47. The van der Waals surface area contributed by atoms with E-state index in [2.05, 4.69) is 4.74 Å². The molecule has 1 aliphatic heterocycles. The summed E-state index contributed by atoms with van der Waals surface area (Å²) in [5, 5.41) is 9.94. The Hall–Kier alpha value is -4.67. The minimum absolute atomic E-state index is 0.0398. The first kappa shape index (κ1) is 27.9. The Labute approximate surface area is 211 Å². The van der Waals surface area contributed by atoms with Gasteiger partial charge in [0.25, 0.3) is 0 Å². The molecule has 2 aromatic rings. The first-order chi connectivity index (χ1) is 17.7. The number of ether oxygens (including phenoxy) is 3. The van der Waals surface area contributed by atoms with Gasteiger partial charge in [0.1, 0.15) is 17.3 Å². The van der Waals surface area contributed by atoms with Crippen molar-refractivity contribution in [3.05, 3.63) is 82.3 Å². The van der Waals surface area contributed by atoms with Gasteiger partial charge in [-0.1, -0.05) is 30.3 Å². The molecule has 2 aromatic carbocycles. The maximum atomic E-state index is 14.1. The zero-order valence-electron chi connectivity index (χ0n) is 19.5. The molecule has 0 saturated heterocycles. The summed E-state index contributed by atoms with van der Waals surface area (Å²) < 4.78 is 93.4. The number of nitrogens with two attached hydrogens (primary N) is 1. The van der Waals surface area contributed by atoms with Crippen LogP contribution >= 0.6 is 0 Å². The Morgan fingerprint density at radius 2 is 1.58 bits per heavy atom. The number of anilines is 1. The molecule has 0 bridgehead atoms. The predicted molar refractivity (Wildman–Crippen MR) is 118 cm³/mol. The molecule has 3 rings (SSSR count). The molecule has 0 saturated carbocycles. The number of allylic oxidation sites excluding steroid dienone is 1. The van der Waals surface area contributed by atoms with Gasteiger partial charge in [-0.15, -0.1) is 13.2 Å². The summed E-state index contributed by atoms with van der Waals surface area (Å²) in [6.45, 7) is 0. The molecule has 2 N–H and O–H groups in total. The van der Waals surface area contributed by atoms with Crippen molar-refractivity contribution < 1.29 is 50.1 Å². The Kier molecular flexibility index (Phi) is 7.61. The molecule has 0 amide bonds. The summed E-state index contributed by atoms with van der Waals surface area (Å²) in [5.41, 5.74) is 1.85. The fourth-order valence-electron chi connectivity index (χ4n) is 3.90. The Balaban J connectivity index is 2.45. The standard InChI is InChI=1S/C24H17F6N3O5/c1-36-21(34)18-17(12-6-4-3-5-7-12)14(11-31)20(32)33(19(18)22(35)37-2)16-9-8-13(38-24(28,29)30)10-15(16)23(25,26)27/h3-10,17H,32H2,1-2H3.